The average Bonchev–Trinajstić information content (AvgIpc) is 0. The van der Waals surface area contributed by atoms with Crippen LogP contribution < -0.4 is 0 Å². The molecule has 0 atom stereocenters. The fourth-order valence-electron chi connectivity index (χ4n) is 0. The molecular weight excluding hydrogens is 304 g/mol. The van der Waals surface area contributed by atoms with Crippen molar-refractivity contribution in [3.8, 4) is 0 Å². The van der Waals surface area contributed by atoms with Crippen LogP contribution in [0.2, 0.25) is 0 Å². The summed E-state index contributed by atoms with van der Waals surface area (Å²) in [5, 5.41) is 0. The van der Waals surface area contributed by atoms with Crippen molar-refractivity contribution in [2.45, 2.75) is 0 Å². The van der Waals surface area contributed by atoms with Gasteiger partial charge in [-0.25, -0.2) is 0 Å². The Hall–Kier alpha value is 1.05. The van der Waals surface area contributed by atoms with Gasteiger partial charge in [0.25, 0.3) is 0 Å². The summed E-state index contributed by atoms with van der Waals surface area (Å²) in [4.78, 5) is 0. The zero-order valence-corrected chi connectivity index (χ0v) is 5.20. The van der Waals surface area contributed by atoms with Gasteiger partial charge in [0.15, 0.2) is 0 Å². The minimum Gasteiger partial charge on any atom is -2.00 e. The minimum atomic E-state index is 0. The van der Waals surface area contributed by atoms with E-state index in [2.05, 4.69) is 0 Å². The van der Waals surface area contributed by atoms with Gasteiger partial charge in [0.05, 0.1) is 0 Å². The van der Waals surface area contributed by atoms with Crippen molar-refractivity contribution < 1.29 is 53.6 Å². The van der Waals surface area contributed by atoms with Gasteiger partial charge in [-0.3, -0.25) is 0 Å². The maximum atomic E-state index is 0. The van der Waals surface area contributed by atoms with E-state index in [1.807, 2.05) is 0 Å². The predicted molar refractivity (Wildman–Crippen MR) is 2.06 cm³/mol. The van der Waals surface area contributed by atoms with Crippen molar-refractivity contribution in [2.24, 2.45) is 0 Å². The molecule has 0 aliphatic heterocycles. The van der Waals surface area contributed by atoms with Crippen molar-refractivity contribution in [1.82, 2.24) is 0 Å². The first kappa shape index (κ1) is 140. The van der Waals surface area contributed by atoms with Gasteiger partial charge >= 0.3 is 17.1 Å². The van der Waals surface area contributed by atoms with Gasteiger partial charge in [-0.1, -0.05) is 0 Å². The van der Waals surface area contributed by atoms with Gasteiger partial charge in [0.1, 0.15) is 0 Å². The third-order valence-electron chi connectivity index (χ3n) is 0. The Labute approximate surface area is 53.9 Å². The van der Waals surface area contributed by atoms with Crippen LogP contribution in [-0.4, -0.2) is 0 Å². The van der Waals surface area contributed by atoms with E-state index in [0.717, 1.165) is 0 Å². The second-order valence-electron chi connectivity index (χ2n) is 0. The van der Waals surface area contributed by atoms with Crippen molar-refractivity contribution in [2.75, 3.05) is 0 Å². The van der Waals surface area contributed by atoms with E-state index in [0.29, 0.717) is 0 Å². The fourth-order valence-corrected chi connectivity index (χ4v) is 0. The number of hydrogen-bond acceptors (Lipinski definition) is 0. The monoisotopic (exact) mass is 304 g/mol. The van der Waals surface area contributed by atoms with Crippen molar-refractivity contribution in [1.29, 1.82) is 0 Å². The fraction of sp³-hybridized carbons (Fsp3) is 0. The van der Waals surface area contributed by atoms with Crippen LogP contribution in [-0.2, 0) is 53.6 Å². The van der Waals surface area contributed by atoms with Crippen LogP contribution in [0.1, 0.15) is 0 Å². The maximum Gasteiger partial charge on any atom is 2.00 e. The molecule has 0 saturated heterocycles. The van der Waals surface area contributed by atoms with Gasteiger partial charge in [-0.2, -0.15) is 0 Å². The average molecular weight is 304 g/mol. The molecule has 0 spiro atoms. The number of hydrogen-bond donors (Lipinski definition) is 0. The molecule has 0 fully saturated rings. The quantitative estimate of drug-likeness (QED) is 0.547. The molecule has 0 heterocycles. The van der Waals surface area contributed by atoms with Crippen molar-refractivity contribution in [3.05, 3.63) is 0 Å². The van der Waals surface area contributed by atoms with Crippen LogP contribution in [0, 0.1) is 0 Å². The Morgan fingerprint density at radius 3 is 0.600 bits per heavy atom. The molecule has 5 heavy (non-hydrogen) atoms. The molecule has 0 N–H and O–H groups in total. The molecule has 0 rings (SSSR count). The first-order chi connectivity index (χ1) is 0. The van der Waals surface area contributed by atoms with Gasteiger partial charge in [-0.15, -0.1) is 0 Å². The summed E-state index contributed by atoms with van der Waals surface area (Å²) in [6.07, 6.45) is 0. The van der Waals surface area contributed by atoms with Crippen LogP contribution in [0.15, 0.2) is 0 Å². The van der Waals surface area contributed by atoms with Crippen LogP contribution in [0.4, 0.5) is 0 Å². The summed E-state index contributed by atoms with van der Waals surface area (Å²) in [5.74, 6) is 0. The number of rotatable bonds is 0. The molecule has 0 aliphatic rings. The van der Waals surface area contributed by atoms with Crippen molar-refractivity contribution in [3.63, 3.8) is 0 Å². The first-order valence-corrected chi connectivity index (χ1v) is 0. The summed E-state index contributed by atoms with van der Waals surface area (Å²) < 4.78 is 0. The Balaban J connectivity index is 0. The Morgan fingerprint density at radius 2 is 0.600 bits per heavy atom. The van der Waals surface area contributed by atoms with Crippen LogP contribution in [0.5, 0.6) is 0 Å². The third-order valence-corrected chi connectivity index (χ3v) is 0. The van der Waals surface area contributed by atoms with Gasteiger partial charge in [-0.05, 0) is 0 Å². The molecule has 0 bridgehead atoms. The van der Waals surface area contributed by atoms with Crippen molar-refractivity contribution >= 4 is 0 Å². The molecule has 0 unspecified atom stereocenters. The summed E-state index contributed by atoms with van der Waals surface area (Å²) in [5.41, 5.74) is 0. The minimum absolute atomic E-state index is 0. The van der Waals surface area contributed by atoms with E-state index in [1.165, 1.54) is 0 Å². The molecular formula is CuIrO3-4. The summed E-state index contributed by atoms with van der Waals surface area (Å²) in [7, 11) is 0. The SMILES string of the molecule is [Cu+2].[Ir].[O-2].[O-2].[O-2]. The second-order valence-corrected chi connectivity index (χ2v) is 0. The van der Waals surface area contributed by atoms with E-state index in [-0.39, 0.29) is 53.6 Å². The Morgan fingerprint density at radius 1 is 0.600 bits per heavy atom. The van der Waals surface area contributed by atoms with Crippen LogP contribution in [0.25, 0.3) is 0 Å². The summed E-state index contributed by atoms with van der Waals surface area (Å²) >= 11 is 0. The van der Waals surface area contributed by atoms with Gasteiger partial charge < -0.3 is 16.4 Å². The summed E-state index contributed by atoms with van der Waals surface area (Å²) in [6, 6.07) is 0. The second kappa shape index (κ2) is 75.2. The van der Waals surface area contributed by atoms with E-state index >= 15 is 0 Å². The third kappa shape index (κ3) is 42.7. The maximum absolute atomic E-state index is 0. The first-order valence-electron chi connectivity index (χ1n) is 0. The molecule has 3 nitrogen and oxygen atoms in total. The normalized spacial score (nSPS) is 0. The smallest absolute Gasteiger partial charge is 2.00 e. The van der Waals surface area contributed by atoms with Gasteiger partial charge in [0, 0.05) is 20.1 Å². The molecule has 42 valence electrons. The largest absolute Gasteiger partial charge is 2.00 e. The summed E-state index contributed by atoms with van der Waals surface area (Å²) in [6.45, 7) is 0. The molecule has 0 aromatic heterocycles. The van der Waals surface area contributed by atoms with E-state index in [9.17, 15) is 0 Å². The molecule has 0 amide bonds. The Kier molecular flexibility index (Phi) is 2110. The molecule has 0 aromatic carbocycles. The molecule has 0 aromatic rings. The molecule has 0 aliphatic carbocycles. The zero-order valence-electron chi connectivity index (χ0n) is 1.86. The zero-order chi connectivity index (χ0) is 0. The predicted octanol–water partition coefficient (Wildman–Crippen LogP) is -0.361. The van der Waals surface area contributed by atoms with E-state index < -0.39 is 0 Å². The molecule has 5 heteroatoms. The topological polar surface area (TPSA) is 85.5 Å². The standard InChI is InChI=1S/Cu.Ir.3O/q+2;;3*-2. The molecule has 0 saturated carbocycles. The van der Waals surface area contributed by atoms with Crippen LogP contribution >= 0.6 is 0 Å². The molecule has 2 radical (unpaired) electrons. The van der Waals surface area contributed by atoms with E-state index in [1.54, 1.807) is 0 Å². The Bertz CT molecular complexity index is 6.85. The van der Waals surface area contributed by atoms with Crippen LogP contribution in [0.3, 0.4) is 0 Å². The van der Waals surface area contributed by atoms with E-state index in [4.69, 9.17) is 0 Å². The van der Waals surface area contributed by atoms with Gasteiger partial charge in [0.2, 0.25) is 0 Å².